The Morgan fingerprint density at radius 2 is 2.54 bits per heavy atom. The molecule has 1 N–H and O–H groups in total. The van der Waals surface area contributed by atoms with E-state index >= 15 is 0 Å². The molecule has 1 aromatic rings. The minimum atomic E-state index is 0.380. The van der Waals surface area contributed by atoms with Gasteiger partial charge in [-0.3, -0.25) is 4.68 Å². The molecule has 0 fully saturated rings. The molecule has 0 amide bonds. The van der Waals surface area contributed by atoms with E-state index in [4.69, 9.17) is 0 Å². The van der Waals surface area contributed by atoms with Gasteiger partial charge in [-0.15, -0.1) is 6.58 Å². The second kappa shape index (κ2) is 4.82. The standard InChI is InChI=1S/C10H17N3/c1-4-5-6-9(11-2)10-7-8-12-13(10)3/h4,7-9,11H,1,5-6H2,2-3H3. The predicted octanol–water partition coefficient (Wildman–Crippen LogP) is 1.65. The van der Waals surface area contributed by atoms with E-state index in [0.29, 0.717) is 6.04 Å². The fraction of sp³-hybridized carbons (Fsp3) is 0.500. The number of hydrogen-bond acceptors (Lipinski definition) is 2. The summed E-state index contributed by atoms with van der Waals surface area (Å²) in [7, 11) is 3.94. The van der Waals surface area contributed by atoms with Crippen molar-refractivity contribution in [2.24, 2.45) is 7.05 Å². The van der Waals surface area contributed by atoms with Gasteiger partial charge in [-0.05, 0) is 26.0 Å². The second-order valence-electron chi connectivity index (χ2n) is 3.09. The van der Waals surface area contributed by atoms with Crippen LogP contribution in [-0.4, -0.2) is 16.8 Å². The first-order valence-electron chi connectivity index (χ1n) is 4.55. The quantitative estimate of drug-likeness (QED) is 0.696. The summed E-state index contributed by atoms with van der Waals surface area (Å²) in [5.74, 6) is 0. The molecule has 1 heterocycles. The van der Waals surface area contributed by atoms with E-state index in [0.717, 1.165) is 12.8 Å². The molecule has 3 nitrogen and oxygen atoms in total. The lowest BCUT2D eigenvalue weighted by atomic mass is 10.1. The fourth-order valence-electron chi connectivity index (χ4n) is 1.45. The molecule has 72 valence electrons. The zero-order chi connectivity index (χ0) is 9.68. The van der Waals surface area contributed by atoms with E-state index in [1.807, 2.05) is 37.1 Å². The normalized spacial score (nSPS) is 12.8. The molecule has 0 spiro atoms. The van der Waals surface area contributed by atoms with Crippen molar-refractivity contribution in [3.63, 3.8) is 0 Å². The molecule has 0 saturated carbocycles. The third-order valence-corrected chi connectivity index (χ3v) is 2.22. The van der Waals surface area contributed by atoms with Gasteiger partial charge in [0.2, 0.25) is 0 Å². The van der Waals surface area contributed by atoms with E-state index in [1.54, 1.807) is 0 Å². The topological polar surface area (TPSA) is 29.9 Å². The zero-order valence-electron chi connectivity index (χ0n) is 8.33. The van der Waals surface area contributed by atoms with Crippen molar-refractivity contribution in [3.8, 4) is 0 Å². The highest BCUT2D eigenvalue weighted by Gasteiger charge is 2.10. The number of nitrogens with zero attached hydrogens (tertiary/aromatic N) is 2. The van der Waals surface area contributed by atoms with Gasteiger partial charge in [0.1, 0.15) is 0 Å². The van der Waals surface area contributed by atoms with E-state index in [-0.39, 0.29) is 0 Å². The number of allylic oxidation sites excluding steroid dienone is 1. The lowest BCUT2D eigenvalue weighted by molar-refractivity contribution is 0.510. The molecule has 0 saturated heterocycles. The van der Waals surface area contributed by atoms with Crippen molar-refractivity contribution in [1.82, 2.24) is 15.1 Å². The molecule has 0 aliphatic carbocycles. The van der Waals surface area contributed by atoms with Crippen molar-refractivity contribution >= 4 is 0 Å². The Balaban J connectivity index is 2.66. The molecule has 0 aliphatic rings. The van der Waals surface area contributed by atoms with Crippen LogP contribution in [-0.2, 0) is 7.05 Å². The lowest BCUT2D eigenvalue weighted by Crippen LogP contribution is -2.19. The van der Waals surface area contributed by atoms with Gasteiger partial charge in [0.25, 0.3) is 0 Å². The van der Waals surface area contributed by atoms with Crippen LogP contribution in [0.3, 0.4) is 0 Å². The van der Waals surface area contributed by atoms with Crippen LogP contribution in [0.5, 0.6) is 0 Å². The Morgan fingerprint density at radius 1 is 1.77 bits per heavy atom. The van der Waals surface area contributed by atoms with Crippen LogP contribution >= 0.6 is 0 Å². The van der Waals surface area contributed by atoms with Gasteiger partial charge in [-0.25, -0.2) is 0 Å². The molecule has 3 heteroatoms. The van der Waals surface area contributed by atoms with Crippen LogP contribution in [0.4, 0.5) is 0 Å². The average molecular weight is 179 g/mol. The van der Waals surface area contributed by atoms with Gasteiger partial charge >= 0.3 is 0 Å². The summed E-state index contributed by atoms with van der Waals surface area (Å²) in [5.41, 5.74) is 1.23. The molecule has 1 unspecified atom stereocenters. The molecule has 1 atom stereocenters. The highest BCUT2D eigenvalue weighted by Crippen LogP contribution is 2.16. The maximum atomic E-state index is 4.14. The minimum absolute atomic E-state index is 0.380. The Hall–Kier alpha value is -1.09. The molecule has 0 aliphatic heterocycles. The SMILES string of the molecule is C=CCCC(NC)c1ccnn1C. The lowest BCUT2D eigenvalue weighted by Gasteiger charge is -2.15. The number of nitrogens with one attached hydrogen (secondary N) is 1. The highest BCUT2D eigenvalue weighted by atomic mass is 15.3. The summed E-state index contributed by atoms with van der Waals surface area (Å²) in [6, 6.07) is 2.43. The van der Waals surface area contributed by atoms with Gasteiger partial charge < -0.3 is 5.32 Å². The van der Waals surface area contributed by atoms with Gasteiger partial charge in [0.05, 0.1) is 5.69 Å². The molecule has 13 heavy (non-hydrogen) atoms. The van der Waals surface area contributed by atoms with E-state index in [2.05, 4.69) is 17.0 Å². The van der Waals surface area contributed by atoms with E-state index in [1.165, 1.54) is 5.69 Å². The number of hydrogen-bond donors (Lipinski definition) is 1. The third kappa shape index (κ3) is 2.42. The Labute approximate surface area is 79.5 Å². The van der Waals surface area contributed by atoms with Crippen LogP contribution in [0.25, 0.3) is 0 Å². The summed E-state index contributed by atoms with van der Waals surface area (Å²) in [4.78, 5) is 0. The van der Waals surface area contributed by atoms with Gasteiger partial charge in [0.15, 0.2) is 0 Å². The average Bonchev–Trinajstić information content (AvgIpc) is 2.54. The van der Waals surface area contributed by atoms with Crippen LogP contribution < -0.4 is 5.32 Å². The van der Waals surface area contributed by atoms with Gasteiger partial charge in [-0.2, -0.15) is 5.10 Å². The molecular weight excluding hydrogens is 162 g/mol. The van der Waals surface area contributed by atoms with Crippen molar-refractivity contribution in [2.45, 2.75) is 18.9 Å². The van der Waals surface area contributed by atoms with Crippen molar-refractivity contribution < 1.29 is 0 Å². The zero-order valence-corrected chi connectivity index (χ0v) is 8.33. The smallest absolute Gasteiger partial charge is 0.0550 e. The molecule has 1 rings (SSSR count). The molecule has 1 aromatic heterocycles. The minimum Gasteiger partial charge on any atom is -0.312 e. The molecule has 0 bridgehead atoms. The first-order chi connectivity index (χ1) is 6.29. The molecule has 0 aromatic carbocycles. The third-order valence-electron chi connectivity index (χ3n) is 2.22. The van der Waals surface area contributed by atoms with E-state index < -0.39 is 0 Å². The van der Waals surface area contributed by atoms with Gasteiger partial charge in [0, 0.05) is 19.3 Å². The van der Waals surface area contributed by atoms with E-state index in [9.17, 15) is 0 Å². The van der Waals surface area contributed by atoms with Crippen molar-refractivity contribution in [1.29, 1.82) is 0 Å². The monoisotopic (exact) mass is 179 g/mol. The summed E-state index contributed by atoms with van der Waals surface area (Å²) in [5, 5.41) is 7.42. The van der Waals surface area contributed by atoms with Crippen molar-refractivity contribution in [2.75, 3.05) is 7.05 Å². The summed E-state index contributed by atoms with van der Waals surface area (Å²) in [6.45, 7) is 3.72. The summed E-state index contributed by atoms with van der Waals surface area (Å²) >= 11 is 0. The molecular formula is C10H17N3. The maximum absolute atomic E-state index is 4.14. The Kier molecular flexibility index (Phi) is 3.71. The summed E-state index contributed by atoms with van der Waals surface area (Å²) < 4.78 is 1.91. The first kappa shape index (κ1) is 9.99. The van der Waals surface area contributed by atoms with Crippen LogP contribution in [0.2, 0.25) is 0 Å². The molecule has 0 radical (unpaired) electrons. The Bertz CT molecular complexity index is 265. The number of aromatic nitrogens is 2. The second-order valence-corrected chi connectivity index (χ2v) is 3.09. The highest BCUT2D eigenvalue weighted by molar-refractivity contribution is 5.06. The summed E-state index contributed by atoms with van der Waals surface area (Å²) in [6.07, 6.45) is 5.87. The van der Waals surface area contributed by atoms with Crippen molar-refractivity contribution in [3.05, 3.63) is 30.6 Å². The predicted molar refractivity (Wildman–Crippen MR) is 54.4 cm³/mol. The van der Waals surface area contributed by atoms with Crippen LogP contribution in [0.1, 0.15) is 24.6 Å². The first-order valence-corrected chi connectivity index (χ1v) is 4.55. The fourth-order valence-corrected chi connectivity index (χ4v) is 1.45. The number of rotatable bonds is 5. The maximum Gasteiger partial charge on any atom is 0.0550 e. The Morgan fingerprint density at radius 3 is 3.00 bits per heavy atom. The number of aryl methyl sites for hydroxylation is 1. The van der Waals surface area contributed by atoms with Crippen LogP contribution in [0.15, 0.2) is 24.9 Å². The van der Waals surface area contributed by atoms with Gasteiger partial charge in [-0.1, -0.05) is 6.08 Å². The largest absolute Gasteiger partial charge is 0.312 e. The van der Waals surface area contributed by atoms with Crippen LogP contribution in [0, 0.1) is 0 Å².